The van der Waals surface area contributed by atoms with Gasteiger partial charge >= 0.3 is 0 Å². The highest BCUT2D eigenvalue weighted by Gasteiger charge is 2.36. The van der Waals surface area contributed by atoms with Gasteiger partial charge in [0.2, 0.25) is 0 Å². The lowest BCUT2D eigenvalue weighted by atomic mass is 9.81. The minimum absolute atomic E-state index is 0.284. The SMILES string of the molecule is CCN(CCCO)CC1(CNC2CC2)CCCOC1. The molecule has 0 aromatic carbocycles. The Kier molecular flexibility index (Phi) is 6.07. The summed E-state index contributed by atoms with van der Waals surface area (Å²) < 4.78 is 5.77. The smallest absolute Gasteiger partial charge is 0.0546 e. The summed E-state index contributed by atoms with van der Waals surface area (Å²) in [6, 6.07) is 0.770. The summed E-state index contributed by atoms with van der Waals surface area (Å²) in [5.41, 5.74) is 0.284. The molecule has 2 N–H and O–H groups in total. The van der Waals surface area contributed by atoms with Crippen molar-refractivity contribution in [3.63, 3.8) is 0 Å². The molecule has 4 nitrogen and oxygen atoms in total. The van der Waals surface area contributed by atoms with Gasteiger partial charge in [-0.1, -0.05) is 6.92 Å². The molecule has 0 aromatic rings. The third-order valence-electron chi connectivity index (χ3n) is 4.39. The van der Waals surface area contributed by atoms with E-state index in [1.165, 1.54) is 25.7 Å². The number of aliphatic hydroxyl groups excluding tert-OH is 1. The standard InChI is InChI=1S/C15H30N2O2/c1-2-17(8-4-9-18)12-15(7-3-10-19-13-15)11-16-14-5-6-14/h14,16,18H,2-13H2,1H3. The van der Waals surface area contributed by atoms with Crippen LogP contribution in [0, 0.1) is 5.41 Å². The van der Waals surface area contributed by atoms with E-state index in [0.717, 1.165) is 51.9 Å². The maximum atomic E-state index is 9.00. The van der Waals surface area contributed by atoms with Crippen molar-refractivity contribution in [1.82, 2.24) is 10.2 Å². The summed E-state index contributed by atoms with van der Waals surface area (Å²) in [7, 11) is 0. The van der Waals surface area contributed by atoms with Crippen molar-refractivity contribution >= 4 is 0 Å². The third kappa shape index (κ3) is 5.03. The van der Waals surface area contributed by atoms with Crippen LogP contribution < -0.4 is 5.32 Å². The Morgan fingerprint density at radius 2 is 2.26 bits per heavy atom. The van der Waals surface area contributed by atoms with Crippen LogP contribution in [-0.4, -0.2) is 62.0 Å². The number of hydrogen-bond donors (Lipinski definition) is 2. The van der Waals surface area contributed by atoms with Crippen molar-refractivity contribution in [3.05, 3.63) is 0 Å². The van der Waals surface area contributed by atoms with Gasteiger partial charge in [0.1, 0.15) is 0 Å². The minimum Gasteiger partial charge on any atom is -0.396 e. The Morgan fingerprint density at radius 3 is 2.84 bits per heavy atom. The first kappa shape index (κ1) is 15.2. The van der Waals surface area contributed by atoms with Gasteiger partial charge in [-0.15, -0.1) is 0 Å². The Balaban J connectivity index is 1.86. The van der Waals surface area contributed by atoms with E-state index in [1.54, 1.807) is 0 Å². The number of nitrogens with one attached hydrogen (secondary N) is 1. The molecular weight excluding hydrogens is 240 g/mol. The second kappa shape index (κ2) is 7.58. The normalized spacial score (nSPS) is 27.9. The molecule has 1 atom stereocenters. The second-order valence-electron chi connectivity index (χ2n) is 6.26. The molecule has 2 rings (SSSR count). The molecule has 0 bridgehead atoms. The first-order valence-electron chi connectivity index (χ1n) is 7.92. The number of rotatable bonds is 9. The maximum Gasteiger partial charge on any atom is 0.0546 e. The molecule has 1 aliphatic carbocycles. The zero-order valence-electron chi connectivity index (χ0n) is 12.4. The van der Waals surface area contributed by atoms with Crippen LogP contribution in [-0.2, 0) is 4.74 Å². The molecular formula is C15H30N2O2. The van der Waals surface area contributed by atoms with Crippen LogP contribution in [0.4, 0.5) is 0 Å². The first-order valence-corrected chi connectivity index (χ1v) is 7.92. The number of hydrogen-bond acceptors (Lipinski definition) is 4. The summed E-state index contributed by atoms with van der Waals surface area (Å²) in [5, 5.41) is 12.7. The maximum absolute atomic E-state index is 9.00. The molecule has 0 aromatic heterocycles. The minimum atomic E-state index is 0.284. The fourth-order valence-electron chi connectivity index (χ4n) is 3.00. The van der Waals surface area contributed by atoms with E-state index in [9.17, 15) is 0 Å². The average Bonchev–Trinajstić information content (AvgIpc) is 3.27. The van der Waals surface area contributed by atoms with E-state index in [4.69, 9.17) is 9.84 Å². The van der Waals surface area contributed by atoms with E-state index in [-0.39, 0.29) is 5.41 Å². The van der Waals surface area contributed by atoms with Gasteiger partial charge in [-0.2, -0.15) is 0 Å². The zero-order valence-corrected chi connectivity index (χ0v) is 12.4. The molecule has 19 heavy (non-hydrogen) atoms. The van der Waals surface area contributed by atoms with E-state index in [1.807, 2.05) is 0 Å². The molecule has 1 heterocycles. The summed E-state index contributed by atoms with van der Waals surface area (Å²) in [4.78, 5) is 2.47. The van der Waals surface area contributed by atoms with E-state index >= 15 is 0 Å². The lowest BCUT2D eigenvalue weighted by Crippen LogP contribution is -2.49. The summed E-state index contributed by atoms with van der Waals surface area (Å²) in [6.45, 7) is 8.57. The average molecular weight is 270 g/mol. The Hall–Kier alpha value is -0.160. The van der Waals surface area contributed by atoms with Crippen LogP contribution in [0.5, 0.6) is 0 Å². The van der Waals surface area contributed by atoms with Crippen LogP contribution in [0.2, 0.25) is 0 Å². The van der Waals surface area contributed by atoms with Crippen molar-refractivity contribution in [2.45, 2.75) is 45.1 Å². The quantitative estimate of drug-likeness (QED) is 0.662. The molecule has 4 heteroatoms. The predicted octanol–water partition coefficient (Wildman–Crippen LogP) is 1.24. The Morgan fingerprint density at radius 1 is 1.42 bits per heavy atom. The Labute approximate surface area is 117 Å². The van der Waals surface area contributed by atoms with Gasteiger partial charge in [0, 0.05) is 44.3 Å². The van der Waals surface area contributed by atoms with Crippen molar-refractivity contribution in [1.29, 1.82) is 0 Å². The van der Waals surface area contributed by atoms with E-state index in [0.29, 0.717) is 6.61 Å². The molecule has 2 fully saturated rings. The fourth-order valence-corrected chi connectivity index (χ4v) is 3.00. The molecule has 1 aliphatic heterocycles. The lowest BCUT2D eigenvalue weighted by molar-refractivity contribution is -0.0263. The van der Waals surface area contributed by atoms with Gasteiger partial charge in [-0.25, -0.2) is 0 Å². The molecule has 1 saturated heterocycles. The molecule has 1 unspecified atom stereocenters. The third-order valence-corrected chi connectivity index (χ3v) is 4.39. The predicted molar refractivity (Wildman–Crippen MR) is 77.3 cm³/mol. The second-order valence-corrected chi connectivity index (χ2v) is 6.26. The van der Waals surface area contributed by atoms with Crippen molar-refractivity contribution in [3.8, 4) is 0 Å². The highest BCUT2D eigenvalue weighted by Crippen LogP contribution is 2.31. The van der Waals surface area contributed by atoms with Gasteiger partial charge in [0.05, 0.1) is 6.61 Å². The van der Waals surface area contributed by atoms with Crippen molar-refractivity contribution < 1.29 is 9.84 Å². The van der Waals surface area contributed by atoms with Crippen LogP contribution in [0.3, 0.4) is 0 Å². The number of aliphatic hydroxyl groups is 1. The lowest BCUT2D eigenvalue weighted by Gasteiger charge is -2.41. The molecule has 2 aliphatic rings. The van der Waals surface area contributed by atoms with Crippen LogP contribution >= 0.6 is 0 Å². The van der Waals surface area contributed by atoms with Gasteiger partial charge in [-0.3, -0.25) is 0 Å². The molecule has 112 valence electrons. The van der Waals surface area contributed by atoms with Gasteiger partial charge in [0.25, 0.3) is 0 Å². The topological polar surface area (TPSA) is 44.7 Å². The largest absolute Gasteiger partial charge is 0.396 e. The van der Waals surface area contributed by atoms with Crippen molar-refractivity contribution in [2.24, 2.45) is 5.41 Å². The van der Waals surface area contributed by atoms with Gasteiger partial charge < -0.3 is 20.1 Å². The van der Waals surface area contributed by atoms with Crippen LogP contribution in [0.25, 0.3) is 0 Å². The Bertz CT molecular complexity index is 251. The van der Waals surface area contributed by atoms with Crippen LogP contribution in [0.1, 0.15) is 39.0 Å². The summed E-state index contributed by atoms with van der Waals surface area (Å²) >= 11 is 0. The molecule has 0 amide bonds. The molecule has 1 saturated carbocycles. The van der Waals surface area contributed by atoms with E-state index < -0.39 is 0 Å². The van der Waals surface area contributed by atoms with E-state index in [2.05, 4.69) is 17.1 Å². The van der Waals surface area contributed by atoms with Crippen LogP contribution in [0.15, 0.2) is 0 Å². The number of nitrogens with zero attached hydrogens (tertiary/aromatic N) is 1. The summed E-state index contributed by atoms with van der Waals surface area (Å²) in [5.74, 6) is 0. The monoisotopic (exact) mass is 270 g/mol. The first-order chi connectivity index (χ1) is 9.28. The molecule has 0 spiro atoms. The zero-order chi connectivity index (χ0) is 13.6. The van der Waals surface area contributed by atoms with Crippen molar-refractivity contribution in [2.75, 3.05) is 46.0 Å². The highest BCUT2D eigenvalue weighted by atomic mass is 16.5. The number of ether oxygens (including phenoxy) is 1. The molecule has 0 radical (unpaired) electrons. The van der Waals surface area contributed by atoms with Gasteiger partial charge in [-0.05, 0) is 38.6 Å². The summed E-state index contributed by atoms with van der Waals surface area (Å²) in [6.07, 6.45) is 6.02. The highest BCUT2D eigenvalue weighted by molar-refractivity contribution is 4.91. The fraction of sp³-hybridized carbons (Fsp3) is 1.00. The van der Waals surface area contributed by atoms with Gasteiger partial charge in [0.15, 0.2) is 0 Å².